The van der Waals surface area contributed by atoms with Gasteiger partial charge in [0.05, 0.1) is 11.6 Å². The van der Waals surface area contributed by atoms with Crippen LogP contribution in [-0.4, -0.2) is 34.1 Å². The lowest BCUT2D eigenvalue weighted by Crippen LogP contribution is -2.59. The largest absolute Gasteiger partial charge is 0.391 e. The average Bonchev–Trinajstić information content (AvgIpc) is 2.58. The van der Waals surface area contributed by atoms with Crippen LogP contribution in [0.4, 0.5) is 0 Å². The monoisotopic (exact) mass is 223 g/mol. The fraction of sp³-hybridized carbons (Fsp3) is 0.923. The number of aliphatic hydroxyl groups is 1. The molecule has 0 aromatic rings. The summed E-state index contributed by atoms with van der Waals surface area (Å²) in [5.74, 6) is 0.860. The zero-order valence-electron chi connectivity index (χ0n) is 9.82. The summed E-state index contributed by atoms with van der Waals surface area (Å²) in [6.45, 7) is 0.889. The first-order valence-electron chi connectivity index (χ1n) is 6.73. The Hall–Kier alpha value is -0.570. The lowest BCUT2D eigenvalue weighted by molar-refractivity contribution is -0.143. The standard InChI is InChI=1S/C13H21NO2/c15-11-5-3-4-10-7-9-14-12(16)6-1-2-8-13(10,11)14/h10-11,15H,1-9H2/t10?,11-,13+/m1/s1. The van der Waals surface area contributed by atoms with Crippen molar-refractivity contribution >= 4 is 5.91 Å². The van der Waals surface area contributed by atoms with E-state index in [0.29, 0.717) is 18.2 Å². The van der Waals surface area contributed by atoms with Crippen LogP contribution in [0.2, 0.25) is 0 Å². The van der Waals surface area contributed by atoms with Crippen LogP contribution in [0.3, 0.4) is 0 Å². The van der Waals surface area contributed by atoms with Crippen LogP contribution in [0.5, 0.6) is 0 Å². The van der Waals surface area contributed by atoms with Crippen molar-refractivity contribution in [2.24, 2.45) is 5.92 Å². The molecule has 0 aromatic carbocycles. The molecule has 1 saturated carbocycles. The van der Waals surface area contributed by atoms with Crippen LogP contribution in [-0.2, 0) is 4.79 Å². The first-order valence-corrected chi connectivity index (χ1v) is 6.73. The van der Waals surface area contributed by atoms with Gasteiger partial charge in [-0.3, -0.25) is 4.79 Å². The quantitative estimate of drug-likeness (QED) is 0.679. The Morgan fingerprint density at radius 2 is 2.06 bits per heavy atom. The van der Waals surface area contributed by atoms with Gasteiger partial charge < -0.3 is 10.0 Å². The van der Waals surface area contributed by atoms with Gasteiger partial charge in [0, 0.05) is 13.0 Å². The second kappa shape index (κ2) is 3.73. The minimum Gasteiger partial charge on any atom is -0.391 e. The lowest BCUT2D eigenvalue weighted by Gasteiger charge is -2.48. The number of aliphatic hydroxyl groups excluding tert-OH is 1. The molecule has 90 valence electrons. The maximum atomic E-state index is 12.1. The van der Waals surface area contributed by atoms with E-state index >= 15 is 0 Å². The molecule has 0 bridgehead atoms. The highest BCUT2D eigenvalue weighted by molar-refractivity contribution is 5.78. The zero-order chi connectivity index (χ0) is 11.2. The summed E-state index contributed by atoms with van der Waals surface area (Å²) < 4.78 is 0. The summed E-state index contributed by atoms with van der Waals surface area (Å²) in [4.78, 5) is 14.2. The van der Waals surface area contributed by atoms with Crippen molar-refractivity contribution in [1.82, 2.24) is 4.90 Å². The summed E-state index contributed by atoms with van der Waals surface area (Å²) in [5.41, 5.74) is -0.161. The SMILES string of the molecule is O=C1CCCC[C@]23C(CCC[C@H]2O)CCN13. The van der Waals surface area contributed by atoms with Gasteiger partial charge in [0.2, 0.25) is 5.91 Å². The minimum absolute atomic E-state index is 0.161. The highest BCUT2D eigenvalue weighted by atomic mass is 16.3. The van der Waals surface area contributed by atoms with Gasteiger partial charge in [0.1, 0.15) is 0 Å². The fourth-order valence-electron chi connectivity index (χ4n) is 4.30. The molecule has 3 atom stereocenters. The molecule has 16 heavy (non-hydrogen) atoms. The fourth-order valence-corrected chi connectivity index (χ4v) is 4.30. The molecule has 1 unspecified atom stereocenters. The number of carbonyl (C=O) groups excluding carboxylic acids is 1. The third-order valence-corrected chi connectivity index (χ3v) is 5.04. The van der Waals surface area contributed by atoms with E-state index in [1.807, 2.05) is 0 Å². The van der Waals surface area contributed by atoms with Crippen molar-refractivity contribution < 1.29 is 9.90 Å². The Morgan fingerprint density at radius 1 is 1.19 bits per heavy atom. The summed E-state index contributed by atoms with van der Waals surface area (Å²) in [7, 11) is 0. The first kappa shape index (κ1) is 10.6. The topological polar surface area (TPSA) is 40.5 Å². The molecular formula is C13H21NO2. The van der Waals surface area contributed by atoms with Crippen molar-refractivity contribution in [3.05, 3.63) is 0 Å². The number of hydrogen-bond acceptors (Lipinski definition) is 2. The molecule has 0 radical (unpaired) electrons. The van der Waals surface area contributed by atoms with Crippen LogP contribution in [0.25, 0.3) is 0 Å². The summed E-state index contributed by atoms with van der Waals surface area (Å²) in [6.07, 6.45) is 7.92. The molecule has 2 aliphatic heterocycles. The molecule has 3 fully saturated rings. The van der Waals surface area contributed by atoms with E-state index < -0.39 is 0 Å². The summed E-state index contributed by atoms with van der Waals surface area (Å²) >= 11 is 0. The van der Waals surface area contributed by atoms with Crippen molar-refractivity contribution in [3.8, 4) is 0 Å². The van der Waals surface area contributed by atoms with E-state index in [0.717, 1.165) is 45.1 Å². The highest BCUT2D eigenvalue weighted by Gasteiger charge is 2.56. The van der Waals surface area contributed by atoms with Crippen molar-refractivity contribution in [1.29, 1.82) is 0 Å². The second-order valence-electron chi connectivity index (χ2n) is 5.68. The molecular weight excluding hydrogens is 202 g/mol. The van der Waals surface area contributed by atoms with Gasteiger partial charge in [0.15, 0.2) is 0 Å². The van der Waals surface area contributed by atoms with Crippen molar-refractivity contribution in [3.63, 3.8) is 0 Å². The van der Waals surface area contributed by atoms with Gasteiger partial charge in [-0.15, -0.1) is 0 Å². The van der Waals surface area contributed by atoms with Crippen molar-refractivity contribution in [2.75, 3.05) is 6.54 Å². The van der Waals surface area contributed by atoms with Gasteiger partial charge in [-0.1, -0.05) is 12.8 Å². The van der Waals surface area contributed by atoms with Crippen LogP contribution < -0.4 is 0 Å². The number of amides is 1. The minimum atomic E-state index is -0.268. The maximum Gasteiger partial charge on any atom is 0.223 e. The summed E-state index contributed by atoms with van der Waals surface area (Å²) in [6, 6.07) is 0. The van der Waals surface area contributed by atoms with E-state index in [-0.39, 0.29) is 11.6 Å². The third kappa shape index (κ3) is 1.27. The number of rotatable bonds is 0. The predicted octanol–water partition coefficient (Wildman–Crippen LogP) is 1.69. The molecule has 1 amide bonds. The van der Waals surface area contributed by atoms with E-state index in [9.17, 15) is 9.90 Å². The normalized spacial score (nSPS) is 43.8. The Morgan fingerprint density at radius 3 is 2.94 bits per heavy atom. The van der Waals surface area contributed by atoms with Crippen LogP contribution in [0.15, 0.2) is 0 Å². The highest BCUT2D eigenvalue weighted by Crippen LogP contribution is 2.49. The van der Waals surface area contributed by atoms with Crippen LogP contribution in [0, 0.1) is 5.92 Å². The Balaban J connectivity index is 1.99. The van der Waals surface area contributed by atoms with Gasteiger partial charge in [0.25, 0.3) is 0 Å². The smallest absolute Gasteiger partial charge is 0.223 e. The maximum absolute atomic E-state index is 12.1. The van der Waals surface area contributed by atoms with Gasteiger partial charge in [-0.25, -0.2) is 0 Å². The first-order chi connectivity index (χ1) is 7.75. The predicted molar refractivity (Wildman–Crippen MR) is 60.9 cm³/mol. The molecule has 1 aliphatic carbocycles. The number of nitrogens with zero attached hydrogens (tertiary/aromatic N) is 1. The van der Waals surface area contributed by atoms with E-state index in [2.05, 4.69) is 4.90 Å². The van der Waals surface area contributed by atoms with Crippen LogP contribution in [0.1, 0.15) is 51.4 Å². The van der Waals surface area contributed by atoms with Crippen molar-refractivity contribution in [2.45, 2.75) is 63.0 Å². The molecule has 3 aliphatic rings. The van der Waals surface area contributed by atoms with Gasteiger partial charge in [-0.2, -0.15) is 0 Å². The van der Waals surface area contributed by atoms with E-state index in [1.165, 1.54) is 6.42 Å². The molecule has 1 spiro atoms. The van der Waals surface area contributed by atoms with Gasteiger partial charge in [-0.05, 0) is 38.0 Å². The lowest BCUT2D eigenvalue weighted by atomic mass is 9.69. The number of carbonyl (C=O) groups is 1. The molecule has 0 aromatic heterocycles. The van der Waals surface area contributed by atoms with E-state index in [1.54, 1.807) is 0 Å². The second-order valence-corrected chi connectivity index (χ2v) is 5.68. The van der Waals surface area contributed by atoms with E-state index in [4.69, 9.17) is 0 Å². The Kier molecular flexibility index (Phi) is 2.46. The number of hydrogen-bond donors (Lipinski definition) is 1. The Bertz CT molecular complexity index is 304. The average molecular weight is 223 g/mol. The molecule has 3 nitrogen and oxygen atoms in total. The molecule has 3 heteroatoms. The molecule has 2 saturated heterocycles. The summed E-state index contributed by atoms with van der Waals surface area (Å²) in [5, 5.41) is 10.4. The molecule has 1 N–H and O–H groups in total. The molecule has 2 heterocycles. The molecule has 3 rings (SSSR count). The van der Waals surface area contributed by atoms with Crippen LogP contribution >= 0.6 is 0 Å². The van der Waals surface area contributed by atoms with Gasteiger partial charge >= 0.3 is 0 Å². The zero-order valence-corrected chi connectivity index (χ0v) is 9.82. The third-order valence-electron chi connectivity index (χ3n) is 5.04. The Labute approximate surface area is 96.8 Å².